The normalized spacial score (nSPS) is 11.2. The number of hydrogen-bond donors (Lipinski definition) is 2. The Morgan fingerprint density at radius 2 is 1.96 bits per heavy atom. The van der Waals surface area contributed by atoms with Crippen molar-refractivity contribution >= 4 is 11.9 Å². The zero-order valence-electron chi connectivity index (χ0n) is 13.1. The van der Waals surface area contributed by atoms with Crippen LogP contribution in [0.15, 0.2) is 30.3 Å². The van der Waals surface area contributed by atoms with Gasteiger partial charge in [-0.2, -0.15) is 4.80 Å². The quantitative estimate of drug-likeness (QED) is 0.787. The first kappa shape index (κ1) is 16.6. The van der Waals surface area contributed by atoms with Gasteiger partial charge >= 0.3 is 5.97 Å². The highest BCUT2D eigenvalue weighted by Crippen LogP contribution is 2.19. The van der Waals surface area contributed by atoms with Crippen molar-refractivity contribution in [1.29, 1.82) is 0 Å². The summed E-state index contributed by atoms with van der Waals surface area (Å²) in [5.41, 5.74) is -0.0541. The van der Waals surface area contributed by atoms with Crippen molar-refractivity contribution in [2.24, 2.45) is 5.41 Å². The Kier molecular flexibility index (Phi) is 5.05. The van der Waals surface area contributed by atoms with E-state index in [-0.39, 0.29) is 19.0 Å². The molecule has 0 saturated heterocycles. The van der Waals surface area contributed by atoms with Gasteiger partial charge in [0.1, 0.15) is 6.54 Å². The molecule has 1 aromatic heterocycles. The van der Waals surface area contributed by atoms with Gasteiger partial charge in [-0.25, -0.2) is 0 Å². The molecule has 2 aromatic rings. The molecule has 0 aliphatic rings. The molecule has 23 heavy (non-hydrogen) atoms. The van der Waals surface area contributed by atoms with Gasteiger partial charge in [0.25, 0.3) is 0 Å². The third kappa shape index (κ3) is 4.60. The molecule has 0 bridgehead atoms. The number of benzene rings is 1. The molecular formula is C15H19N5O3. The maximum atomic E-state index is 11.8. The second-order valence-electron chi connectivity index (χ2n) is 5.80. The van der Waals surface area contributed by atoms with E-state index in [0.717, 1.165) is 5.56 Å². The molecule has 1 heterocycles. The molecule has 2 rings (SSSR count). The summed E-state index contributed by atoms with van der Waals surface area (Å²) in [5, 5.41) is 23.6. The fourth-order valence-electron chi connectivity index (χ4n) is 1.82. The van der Waals surface area contributed by atoms with Crippen LogP contribution in [0.5, 0.6) is 0 Å². The Morgan fingerprint density at radius 3 is 2.61 bits per heavy atom. The fraction of sp³-hybridized carbons (Fsp3) is 0.400. The third-order valence-corrected chi connectivity index (χ3v) is 3.42. The van der Waals surface area contributed by atoms with Gasteiger partial charge in [0.15, 0.2) is 0 Å². The number of carboxylic acids is 1. The van der Waals surface area contributed by atoms with Crippen LogP contribution in [0.1, 0.15) is 20.3 Å². The van der Waals surface area contributed by atoms with Crippen LogP contribution >= 0.6 is 0 Å². The van der Waals surface area contributed by atoms with Crippen LogP contribution < -0.4 is 5.32 Å². The number of aromatic nitrogens is 4. The Labute approximate surface area is 133 Å². The van der Waals surface area contributed by atoms with Crippen molar-refractivity contribution in [3.05, 3.63) is 30.3 Å². The van der Waals surface area contributed by atoms with E-state index in [1.807, 2.05) is 30.3 Å². The molecule has 0 atom stereocenters. The summed E-state index contributed by atoms with van der Waals surface area (Å²) >= 11 is 0. The predicted molar refractivity (Wildman–Crippen MR) is 82.3 cm³/mol. The summed E-state index contributed by atoms with van der Waals surface area (Å²) in [7, 11) is 0. The van der Waals surface area contributed by atoms with Gasteiger partial charge in [0, 0.05) is 12.1 Å². The largest absolute Gasteiger partial charge is 0.481 e. The van der Waals surface area contributed by atoms with E-state index in [0.29, 0.717) is 12.2 Å². The molecule has 0 unspecified atom stereocenters. The zero-order chi connectivity index (χ0) is 16.9. The van der Waals surface area contributed by atoms with Crippen molar-refractivity contribution in [3.63, 3.8) is 0 Å². The molecule has 0 fully saturated rings. The Bertz CT molecular complexity index is 681. The first-order valence-electron chi connectivity index (χ1n) is 7.22. The smallest absolute Gasteiger partial charge is 0.309 e. The maximum Gasteiger partial charge on any atom is 0.309 e. The van der Waals surface area contributed by atoms with Crippen LogP contribution in [0, 0.1) is 5.41 Å². The number of rotatable bonds is 7. The van der Waals surface area contributed by atoms with Crippen LogP contribution in [0.3, 0.4) is 0 Å². The summed E-state index contributed by atoms with van der Waals surface area (Å²) in [6.45, 7) is 3.45. The highest BCUT2D eigenvalue weighted by Gasteiger charge is 2.26. The van der Waals surface area contributed by atoms with Gasteiger partial charge < -0.3 is 10.4 Å². The highest BCUT2D eigenvalue weighted by atomic mass is 16.4. The van der Waals surface area contributed by atoms with Crippen LogP contribution in [0.2, 0.25) is 0 Å². The molecule has 0 radical (unpaired) electrons. The maximum absolute atomic E-state index is 11.8. The molecule has 1 aromatic carbocycles. The van der Waals surface area contributed by atoms with Crippen molar-refractivity contribution in [2.75, 3.05) is 6.54 Å². The van der Waals surface area contributed by atoms with E-state index in [1.165, 1.54) is 4.80 Å². The molecule has 1 amide bonds. The molecule has 0 spiro atoms. The van der Waals surface area contributed by atoms with E-state index in [2.05, 4.69) is 20.7 Å². The topological polar surface area (TPSA) is 110 Å². The lowest BCUT2D eigenvalue weighted by Gasteiger charge is -2.18. The van der Waals surface area contributed by atoms with Gasteiger partial charge in [-0.05, 0) is 25.5 Å². The minimum absolute atomic E-state index is 0.0622. The van der Waals surface area contributed by atoms with E-state index in [9.17, 15) is 9.59 Å². The SMILES string of the molecule is CC(C)(CCNC(=O)Cn1nnc(-c2ccccc2)n1)C(=O)O. The van der Waals surface area contributed by atoms with E-state index < -0.39 is 11.4 Å². The molecular weight excluding hydrogens is 298 g/mol. The zero-order valence-corrected chi connectivity index (χ0v) is 13.1. The molecule has 0 aliphatic carbocycles. The number of amides is 1. The average Bonchev–Trinajstić information content (AvgIpc) is 2.96. The summed E-state index contributed by atoms with van der Waals surface area (Å²) in [6, 6.07) is 9.34. The lowest BCUT2D eigenvalue weighted by Crippen LogP contribution is -2.34. The van der Waals surface area contributed by atoms with Crippen LogP contribution in [0.25, 0.3) is 11.4 Å². The number of tetrazole rings is 1. The summed E-state index contributed by atoms with van der Waals surface area (Å²) in [4.78, 5) is 24.0. The first-order chi connectivity index (χ1) is 10.9. The van der Waals surface area contributed by atoms with Gasteiger partial charge in [-0.3, -0.25) is 9.59 Å². The number of carbonyl (C=O) groups excluding carboxylic acids is 1. The number of carboxylic acid groups (broad SMARTS) is 1. The van der Waals surface area contributed by atoms with Crippen molar-refractivity contribution < 1.29 is 14.7 Å². The van der Waals surface area contributed by atoms with Crippen molar-refractivity contribution in [3.8, 4) is 11.4 Å². The third-order valence-electron chi connectivity index (χ3n) is 3.42. The Balaban J connectivity index is 1.85. The summed E-state index contributed by atoms with van der Waals surface area (Å²) in [6.07, 6.45) is 0.341. The molecule has 8 heteroatoms. The summed E-state index contributed by atoms with van der Waals surface area (Å²) < 4.78 is 0. The standard InChI is InChI=1S/C15H19N5O3/c1-15(2,14(22)23)8-9-16-12(21)10-20-18-13(17-19-20)11-6-4-3-5-7-11/h3-7H,8-10H2,1-2H3,(H,16,21)(H,22,23). The minimum Gasteiger partial charge on any atom is -0.481 e. The van der Waals surface area contributed by atoms with Gasteiger partial charge in [-0.15, -0.1) is 10.2 Å². The van der Waals surface area contributed by atoms with E-state index in [4.69, 9.17) is 5.11 Å². The van der Waals surface area contributed by atoms with E-state index in [1.54, 1.807) is 13.8 Å². The van der Waals surface area contributed by atoms with Crippen molar-refractivity contribution in [2.45, 2.75) is 26.8 Å². The molecule has 0 saturated carbocycles. The Hall–Kier alpha value is -2.77. The fourth-order valence-corrected chi connectivity index (χ4v) is 1.82. The average molecular weight is 317 g/mol. The van der Waals surface area contributed by atoms with Crippen LogP contribution in [0.4, 0.5) is 0 Å². The minimum atomic E-state index is -0.891. The van der Waals surface area contributed by atoms with Crippen molar-refractivity contribution in [1.82, 2.24) is 25.5 Å². The highest BCUT2D eigenvalue weighted by molar-refractivity contribution is 5.76. The van der Waals surface area contributed by atoms with Gasteiger partial charge in [0.05, 0.1) is 5.41 Å². The number of carbonyl (C=O) groups is 2. The number of aliphatic carboxylic acids is 1. The van der Waals surface area contributed by atoms with Gasteiger partial charge in [0.2, 0.25) is 11.7 Å². The van der Waals surface area contributed by atoms with E-state index >= 15 is 0 Å². The monoisotopic (exact) mass is 317 g/mol. The number of nitrogens with one attached hydrogen (secondary N) is 1. The molecule has 8 nitrogen and oxygen atoms in total. The number of nitrogens with zero attached hydrogens (tertiary/aromatic N) is 4. The lowest BCUT2D eigenvalue weighted by atomic mass is 9.90. The summed E-state index contributed by atoms with van der Waals surface area (Å²) in [5.74, 6) is -0.731. The van der Waals surface area contributed by atoms with Crippen LogP contribution in [-0.4, -0.2) is 43.7 Å². The predicted octanol–water partition coefficient (Wildman–Crippen LogP) is 0.957. The second kappa shape index (κ2) is 6.99. The number of hydrogen-bond acceptors (Lipinski definition) is 5. The molecule has 2 N–H and O–H groups in total. The van der Waals surface area contributed by atoms with Crippen LogP contribution in [-0.2, 0) is 16.1 Å². The molecule has 122 valence electrons. The molecule has 0 aliphatic heterocycles. The van der Waals surface area contributed by atoms with Gasteiger partial charge in [-0.1, -0.05) is 30.3 Å². The Morgan fingerprint density at radius 1 is 1.26 bits per heavy atom. The lowest BCUT2D eigenvalue weighted by molar-refractivity contribution is -0.147. The first-order valence-corrected chi connectivity index (χ1v) is 7.22. The second-order valence-corrected chi connectivity index (χ2v) is 5.80.